The number of esters is 1. The Balaban J connectivity index is 1.65. The van der Waals surface area contributed by atoms with Gasteiger partial charge in [-0.15, -0.1) is 0 Å². The number of epoxide rings is 1. The van der Waals surface area contributed by atoms with Crippen LogP contribution in [-0.2, 0) is 25.6 Å². The third-order valence-electron chi connectivity index (χ3n) is 2.41. The highest BCUT2D eigenvalue weighted by Gasteiger charge is 2.46. The Kier molecular flexibility index (Phi) is 3.54. The van der Waals surface area contributed by atoms with Gasteiger partial charge >= 0.3 is 5.97 Å². The monoisotopic (exact) mass is 222 g/mol. The highest BCUT2D eigenvalue weighted by molar-refractivity contribution is 5.77. The third-order valence-corrected chi connectivity index (χ3v) is 2.41. The van der Waals surface area contributed by atoms with Gasteiger partial charge in [-0.2, -0.15) is 0 Å². The van der Waals surface area contributed by atoms with Gasteiger partial charge in [0.25, 0.3) is 0 Å². The van der Waals surface area contributed by atoms with E-state index in [1.165, 1.54) is 7.11 Å². The van der Waals surface area contributed by atoms with E-state index in [4.69, 9.17) is 9.47 Å². The minimum Gasteiger partial charge on any atom is -0.467 e. The molecule has 0 N–H and O–H groups in total. The summed E-state index contributed by atoms with van der Waals surface area (Å²) < 4.78 is 15.1. The molecule has 1 aromatic rings. The zero-order valence-corrected chi connectivity index (χ0v) is 9.09. The van der Waals surface area contributed by atoms with Gasteiger partial charge in [0.15, 0.2) is 6.10 Å². The number of methoxy groups -OCH3 is 1. The molecule has 1 fully saturated rings. The van der Waals surface area contributed by atoms with Crippen LogP contribution in [0.3, 0.4) is 0 Å². The molecule has 16 heavy (non-hydrogen) atoms. The molecule has 4 nitrogen and oxygen atoms in total. The van der Waals surface area contributed by atoms with Gasteiger partial charge in [-0.1, -0.05) is 30.3 Å². The lowest BCUT2D eigenvalue weighted by Gasteiger charge is -2.01. The second kappa shape index (κ2) is 5.09. The normalized spacial score (nSPS) is 22.8. The number of rotatable bonds is 5. The predicted molar refractivity (Wildman–Crippen MR) is 56.8 cm³/mol. The minimum atomic E-state index is -0.430. The Morgan fingerprint density at radius 1 is 1.38 bits per heavy atom. The smallest absolute Gasteiger partial charge is 0.337 e. The van der Waals surface area contributed by atoms with E-state index in [2.05, 4.69) is 4.74 Å². The molecule has 1 aliphatic heterocycles. The Morgan fingerprint density at radius 3 is 2.81 bits per heavy atom. The number of ether oxygens (including phenoxy) is 3. The first-order valence-electron chi connectivity index (χ1n) is 5.16. The predicted octanol–water partition coefficient (Wildman–Crippen LogP) is 1.14. The standard InChI is InChI=1S/C12H14O4/c1-14-12(13)11-10(16-11)8-15-7-9-5-3-2-4-6-9/h2-6,10-11H,7-8H2,1H3/t10-,11-/m0/s1. The summed E-state index contributed by atoms with van der Waals surface area (Å²) in [6, 6.07) is 9.87. The molecule has 4 heteroatoms. The van der Waals surface area contributed by atoms with Crippen LogP contribution in [0.25, 0.3) is 0 Å². The van der Waals surface area contributed by atoms with Gasteiger partial charge in [-0.05, 0) is 5.56 Å². The summed E-state index contributed by atoms with van der Waals surface area (Å²) >= 11 is 0. The van der Waals surface area contributed by atoms with Crippen LogP contribution in [0.4, 0.5) is 0 Å². The number of hydrogen-bond donors (Lipinski definition) is 0. The summed E-state index contributed by atoms with van der Waals surface area (Å²) in [5, 5.41) is 0. The van der Waals surface area contributed by atoms with Crippen LogP contribution in [-0.4, -0.2) is 31.9 Å². The quantitative estimate of drug-likeness (QED) is 0.553. The summed E-state index contributed by atoms with van der Waals surface area (Å²) in [6.45, 7) is 0.962. The summed E-state index contributed by atoms with van der Waals surface area (Å²) in [7, 11) is 1.35. The molecule has 0 bridgehead atoms. The lowest BCUT2D eigenvalue weighted by atomic mass is 10.2. The summed E-state index contributed by atoms with van der Waals surface area (Å²) in [5.74, 6) is -0.326. The van der Waals surface area contributed by atoms with Crippen molar-refractivity contribution in [3.63, 3.8) is 0 Å². The average Bonchev–Trinajstić information content (AvgIpc) is 3.09. The molecular weight excluding hydrogens is 208 g/mol. The van der Waals surface area contributed by atoms with Crippen molar-refractivity contribution >= 4 is 5.97 Å². The maximum atomic E-state index is 11.0. The van der Waals surface area contributed by atoms with E-state index in [0.717, 1.165) is 5.56 Å². The molecule has 0 aliphatic carbocycles. The fraction of sp³-hybridized carbons (Fsp3) is 0.417. The highest BCUT2D eigenvalue weighted by Crippen LogP contribution is 2.23. The third kappa shape index (κ3) is 2.81. The van der Waals surface area contributed by atoms with Gasteiger partial charge in [0.1, 0.15) is 6.10 Å². The molecule has 1 aliphatic rings. The van der Waals surface area contributed by atoms with Gasteiger partial charge in [0, 0.05) is 0 Å². The van der Waals surface area contributed by atoms with Gasteiger partial charge < -0.3 is 14.2 Å². The van der Waals surface area contributed by atoms with Crippen LogP contribution in [0.5, 0.6) is 0 Å². The molecule has 0 aromatic heterocycles. The second-order valence-electron chi connectivity index (χ2n) is 3.62. The fourth-order valence-electron chi connectivity index (χ4n) is 1.46. The lowest BCUT2D eigenvalue weighted by Crippen LogP contribution is -2.14. The van der Waals surface area contributed by atoms with Crippen molar-refractivity contribution in [3.05, 3.63) is 35.9 Å². The van der Waals surface area contributed by atoms with Crippen LogP contribution in [0, 0.1) is 0 Å². The van der Waals surface area contributed by atoms with Crippen LogP contribution in [0.2, 0.25) is 0 Å². The first kappa shape index (κ1) is 11.1. The van der Waals surface area contributed by atoms with Crippen molar-refractivity contribution in [3.8, 4) is 0 Å². The van der Waals surface area contributed by atoms with Crippen molar-refractivity contribution in [1.82, 2.24) is 0 Å². The topological polar surface area (TPSA) is 48.1 Å². The van der Waals surface area contributed by atoms with E-state index in [9.17, 15) is 4.79 Å². The van der Waals surface area contributed by atoms with Gasteiger partial charge in [-0.25, -0.2) is 4.79 Å². The van der Waals surface area contributed by atoms with Gasteiger partial charge in [0.05, 0.1) is 20.3 Å². The lowest BCUT2D eigenvalue weighted by molar-refractivity contribution is -0.142. The van der Waals surface area contributed by atoms with E-state index in [1.54, 1.807) is 0 Å². The van der Waals surface area contributed by atoms with E-state index in [-0.39, 0.29) is 12.1 Å². The van der Waals surface area contributed by atoms with Crippen LogP contribution in [0.1, 0.15) is 5.56 Å². The maximum absolute atomic E-state index is 11.0. The van der Waals surface area contributed by atoms with Crippen molar-refractivity contribution in [2.75, 3.05) is 13.7 Å². The van der Waals surface area contributed by atoms with Crippen molar-refractivity contribution in [2.45, 2.75) is 18.8 Å². The molecule has 1 saturated heterocycles. The SMILES string of the molecule is COC(=O)[C@H]1O[C@H]1COCc1ccccc1. The van der Waals surface area contributed by atoms with E-state index < -0.39 is 6.10 Å². The Morgan fingerprint density at radius 2 is 2.12 bits per heavy atom. The molecule has 1 aromatic carbocycles. The van der Waals surface area contributed by atoms with E-state index >= 15 is 0 Å². The average molecular weight is 222 g/mol. The molecule has 0 radical (unpaired) electrons. The molecule has 2 rings (SSSR count). The summed E-state index contributed by atoms with van der Waals surface area (Å²) in [4.78, 5) is 11.0. The number of benzene rings is 1. The fourth-order valence-corrected chi connectivity index (χ4v) is 1.46. The maximum Gasteiger partial charge on any atom is 0.337 e. The van der Waals surface area contributed by atoms with Gasteiger partial charge in [-0.3, -0.25) is 0 Å². The molecule has 0 saturated carbocycles. The number of hydrogen-bond acceptors (Lipinski definition) is 4. The summed E-state index contributed by atoms with van der Waals surface area (Å²) in [5.41, 5.74) is 1.11. The molecule has 0 spiro atoms. The van der Waals surface area contributed by atoms with Crippen LogP contribution in [0.15, 0.2) is 30.3 Å². The van der Waals surface area contributed by atoms with Crippen molar-refractivity contribution in [1.29, 1.82) is 0 Å². The first-order chi connectivity index (χ1) is 7.81. The first-order valence-corrected chi connectivity index (χ1v) is 5.16. The second-order valence-corrected chi connectivity index (χ2v) is 3.62. The van der Waals surface area contributed by atoms with Crippen molar-refractivity contribution < 1.29 is 19.0 Å². The number of carbonyl (C=O) groups is 1. The minimum absolute atomic E-state index is 0.142. The zero-order valence-electron chi connectivity index (χ0n) is 9.09. The Bertz CT molecular complexity index is 349. The van der Waals surface area contributed by atoms with E-state index in [0.29, 0.717) is 13.2 Å². The van der Waals surface area contributed by atoms with Gasteiger partial charge in [0.2, 0.25) is 0 Å². The Hall–Kier alpha value is -1.39. The molecule has 86 valence electrons. The van der Waals surface area contributed by atoms with Crippen LogP contribution < -0.4 is 0 Å². The molecule has 1 heterocycles. The van der Waals surface area contributed by atoms with Crippen molar-refractivity contribution in [2.24, 2.45) is 0 Å². The highest BCUT2D eigenvalue weighted by atomic mass is 16.7. The number of carbonyl (C=O) groups excluding carboxylic acids is 1. The Labute approximate surface area is 94.1 Å². The molecule has 0 unspecified atom stereocenters. The molecule has 0 amide bonds. The zero-order chi connectivity index (χ0) is 11.4. The largest absolute Gasteiger partial charge is 0.467 e. The summed E-state index contributed by atoms with van der Waals surface area (Å²) in [6.07, 6.45) is -0.572. The van der Waals surface area contributed by atoms with Crippen LogP contribution >= 0.6 is 0 Å². The molecule has 2 atom stereocenters. The molecular formula is C12H14O4. The van der Waals surface area contributed by atoms with E-state index in [1.807, 2.05) is 30.3 Å².